The van der Waals surface area contributed by atoms with E-state index < -0.39 is 8.53 Å². The van der Waals surface area contributed by atoms with Crippen LogP contribution in [-0.2, 0) is 9.05 Å². The fourth-order valence-electron chi connectivity index (χ4n) is 3.80. The monoisotopic (exact) mass is 390 g/mol. The third-order valence-corrected chi connectivity index (χ3v) is 8.63. The van der Waals surface area contributed by atoms with Gasteiger partial charge in [0, 0.05) is 23.3 Å². The largest absolute Gasteiger partial charge is 0.321 e. The zero-order valence-corrected chi connectivity index (χ0v) is 17.8. The molecular weight excluding hydrogens is 359 g/mol. The van der Waals surface area contributed by atoms with E-state index in [4.69, 9.17) is 14.3 Å². The third kappa shape index (κ3) is 5.25. The molecule has 2 fully saturated rings. The molecule has 4 nitrogen and oxygen atoms in total. The van der Waals surface area contributed by atoms with Crippen molar-refractivity contribution in [1.29, 1.82) is 5.26 Å². The smallest absolute Gasteiger partial charge is 0.259 e. The van der Waals surface area contributed by atoms with Crippen LogP contribution >= 0.6 is 31.0 Å². The Morgan fingerprint density at radius 1 is 1.25 bits per heavy atom. The van der Waals surface area contributed by atoms with Crippen LogP contribution in [0.2, 0.25) is 0 Å². The molecule has 2 rings (SSSR count). The molecule has 5 atom stereocenters. The number of nitriles is 1. The number of nitrogens with zero attached hydrogens (tertiary/aromatic N) is 2. The van der Waals surface area contributed by atoms with Crippen LogP contribution in [0.4, 0.5) is 0 Å². The molecule has 0 saturated heterocycles. The van der Waals surface area contributed by atoms with Gasteiger partial charge in [-0.15, -0.1) is 11.7 Å². The minimum Gasteiger partial charge on any atom is -0.321 e. The molecule has 24 heavy (non-hydrogen) atoms. The molecule has 4 unspecified atom stereocenters. The highest BCUT2D eigenvalue weighted by molar-refractivity contribution is 8.68. The summed E-state index contributed by atoms with van der Waals surface area (Å²) < 4.78 is 14.9. The van der Waals surface area contributed by atoms with Gasteiger partial charge in [0.25, 0.3) is 8.53 Å². The first-order valence-electron chi connectivity index (χ1n) is 9.06. The number of thiol groups is 1. The standard InChI is InChI=1S/C17H31N2O2PS2/c1-12(2)19(13(3)4)22(20-11-7-10-18)21-17-14-8-5-6-9-15(24-23)16(14)17/h12-17,23H,5-9,11H2,1-4H3/t14?,15?,16-,17?,22?/m0/s1. The van der Waals surface area contributed by atoms with E-state index in [0.29, 0.717) is 48.3 Å². The molecule has 0 amide bonds. The number of hydrogen-bond acceptors (Lipinski definition) is 6. The highest BCUT2D eigenvalue weighted by Crippen LogP contribution is 2.60. The van der Waals surface area contributed by atoms with Crippen molar-refractivity contribution in [1.82, 2.24) is 4.67 Å². The summed E-state index contributed by atoms with van der Waals surface area (Å²) in [5, 5.41) is 9.41. The molecule has 2 aliphatic carbocycles. The fraction of sp³-hybridized carbons (Fsp3) is 0.941. The lowest BCUT2D eigenvalue weighted by Crippen LogP contribution is -2.34. The third-order valence-electron chi connectivity index (χ3n) is 4.87. The predicted molar refractivity (Wildman–Crippen MR) is 106 cm³/mol. The summed E-state index contributed by atoms with van der Waals surface area (Å²) in [7, 11) is 0.593. The van der Waals surface area contributed by atoms with E-state index >= 15 is 0 Å². The van der Waals surface area contributed by atoms with E-state index in [2.05, 4.69) is 50.1 Å². The normalized spacial score (nSPS) is 31.0. The second-order valence-electron chi connectivity index (χ2n) is 7.29. The molecule has 0 aromatic rings. The highest BCUT2D eigenvalue weighted by Gasteiger charge is 2.57. The van der Waals surface area contributed by atoms with Gasteiger partial charge in [0.05, 0.1) is 25.2 Å². The van der Waals surface area contributed by atoms with Crippen molar-refractivity contribution in [2.75, 3.05) is 6.61 Å². The average Bonchev–Trinajstić information content (AvgIpc) is 3.22. The number of rotatable bonds is 9. The summed E-state index contributed by atoms with van der Waals surface area (Å²) in [5.41, 5.74) is 0. The summed E-state index contributed by atoms with van der Waals surface area (Å²) in [6, 6.07) is 2.88. The zero-order chi connectivity index (χ0) is 17.7. The van der Waals surface area contributed by atoms with Crippen molar-refractivity contribution in [2.45, 2.75) is 83.2 Å². The van der Waals surface area contributed by atoms with Crippen LogP contribution in [0.25, 0.3) is 0 Å². The summed E-state index contributed by atoms with van der Waals surface area (Å²) in [6.07, 6.45) is 5.86. The van der Waals surface area contributed by atoms with Crippen LogP contribution in [0.1, 0.15) is 59.8 Å². The van der Waals surface area contributed by atoms with Gasteiger partial charge in [-0.05, 0) is 46.5 Å². The Kier molecular flexibility index (Phi) is 8.67. The average molecular weight is 391 g/mol. The molecule has 2 aliphatic rings. The van der Waals surface area contributed by atoms with Gasteiger partial charge < -0.3 is 9.05 Å². The van der Waals surface area contributed by atoms with E-state index in [1.165, 1.54) is 25.7 Å². The fourth-order valence-corrected chi connectivity index (χ4v) is 7.12. The Balaban J connectivity index is 2.03. The number of hydrogen-bond donors (Lipinski definition) is 1. The molecule has 0 aliphatic heterocycles. The van der Waals surface area contributed by atoms with Crippen LogP contribution in [-0.4, -0.2) is 34.7 Å². The predicted octanol–water partition coefficient (Wildman–Crippen LogP) is 5.41. The van der Waals surface area contributed by atoms with Crippen LogP contribution in [0, 0.1) is 23.2 Å². The van der Waals surface area contributed by atoms with Crippen molar-refractivity contribution < 1.29 is 9.05 Å². The van der Waals surface area contributed by atoms with Crippen LogP contribution in [0.5, 0.6) is 0 Å². The van der Waals surface area contributed by atoms with Crippen molar-refractivity contribution in [3.05, 3.63) is 0 Å². The SMILES string of the molecule is CC(C)N(C(C)C)P(OCCC#N)OC1C2CCCCC(SS)[C@H]21. The Morgan fingerprint density at radius 2 is 1.92 bits per heavy atom. The maximum absolute atomic E-state index is 8.81. The van der Waals surface area contributed by atoms with Crippen LogP contribution in [0.3, 0.4) is 0 Å². The Bertz CT molecular complexity index is 425. The van der Waals surface area contributed by atoms with Crippen LogP contribution < -0.4 is 0 Å². The van der Waals surface area contributed by atoms with E-state index in [9.17, 15) is 0 Å². The van der Waals surface area contributed by atoms with Crippen molar-refractivity contribution in [3.8, 4) is 6.07 Å². The molecule has 138 valence electrons. The molecule has 0 aromatic carbocycles. The molecular formula is C17H31N2O2PS2. The first kappa shape index (κ1) is 20.8. The van der Waals surface area contributed by atoms with Crippen LogP contribution in [0.15, 0.2) is 0 Å². The van der Waals surface area contributed by atoms with E-state index in [1.54, 1.807) is 10.8 Å². The topological polar surface area (TPSA) is 45.5 Å². The molecule has 0 spiro atoms. The minimum absolute atomic E-state index is 0.308. The lowest BCUT2D eigenvalue weighted by molar-refractivity contribution is 0.159. The van der Waals surface area contributed by atoms with Gasteiger partial charge in [0.15, 0.2) is 0 Å². The maximum atomic E-state index is 8.81. The lowest BCUT2D eigenvalue weighted by atomic mass is 10.1. The Hall–Kier alpha value is 0.500. The second-order valence-corrected chi connectivity index (χ2v) is 10.1. The van der Waals surface area contributed by atoms with Gasteiger partial charge >= 0.3 is 0 Å². The van der Waals surface area contributed by atoms with E-state index in [-0.39, 0.29) is 0 Å². The maximum Gasteiger partial charge on any atom is 0.259 e. The molecule has 0 N–H and O–H groups in total. The van der Waals surface area contributed by atoms with E-state index in [0.717, 1.165) is 0 Å². The Morgan fingerprint density at radius 3 is 2.50 bits per heavy atom. The molecule has 0 aromatic heterocycles. The van der Waals surface area contributed by atoms with Crippen molar-refractivity contribution >= 4 is 31.0 Å². The molecule has 0 radical (unpaired) electrons. The summed E-state index contributed by atoms with van der Waals surface area (Å²) in [6.45, 7) is 9.19. The second kappa shape index (κ2) is 10.00. The molecule has 0 bridgehead atoms. The van der Waals surface area contributed by atoms with Crippen molar-refractivity contribution in [3.63, 3.8) is 0 Å². The van der Waals surface area contributed by atoms with Gasteiger partial charge in [0.2, 0.25) is 0 Å². The highest BCUT2D eigenvalue weighted by atomic mass is 33.1. The zero-order valence-electron chi connectivity index (χ0n) is 15.2. The first-order valence-corrected chi connectivity index (χ1v) is 12.1. The molecule has 2 saturated carbocycles. The van der Waals surface area contributed by atoms with Gasteiger partial charge in [-0.2, -0.15) is 5.26 Å². The summed E-state index contributed by atoms with van der Waals surface area (Å²) in [5.74, 6) is 1.30. The minimum atomic E-state index is -1.11. The number of fused-ring (bicyclic) bond motifs is 1. The Labute approximate surface area is 157 Å². The lowest BCUT2D eigenvalue weighted by Gasteiger charge is -2.36. The quantitative estimate of drug-likeness (QED) is 0.247. The van der Waals surface area contributed by atoms with Crippen molar-refractivity contribution in [2.24, 2.45) is 11.8 Å². The molecule has 0 heterocycles. The van der Waals surface area contributed by atoms with Gasteiger partial charge in [-0.25, -0.2) is 4.67 Å². The van der Waals surface area contributed by atoms with E-state index in [1.807, 2.05) is 0 Å². The van der Waals surface area contributed by atoms with Gasteiger partial charge in [-0.1, -0.05) is 23.6 Å². The summed E-state index contributed by atoms with van der Waals surface area (Å²) in [4.78, 5) is 0. The summed E-state index contributed by atoms with van der Waals surface area (Å²) >= 11 is 4.49. The first-order chi connectivity index (χ1) is 11.5. The van der Waals surface area contributed by atoms with Gasteiger partial charge in [-0.3, -0.25) is 0 Å². The molecule has 7 heteroatoms. The van der Waals surface area contributed by atoms with Gasteiger partial charge in [0.1, 0.15) is 0 Å².